The van der Waals surface area contributed by atoms with Crippen LogP contribution >= 0.6 is 0 Å². The molecule has 0 bridgehead atoms. The number of rotatable bonds is 2. The smallest absolute Gasteiger partial charge is 0.347 e. The number of benzene rings is 3. The summed E-state index contributed by atoms with van der Waals surface area (Å²) >= 11 is 0. The van der Waals surface area contributed by atoms with E-state index in [9.17, 15) is 0 Å². The van der Waals surface area contributed by atoms with Crippen molar-refractivity contribution in [1.82, 2.24) is 18.8 Å². The van der Waals surface area contributed by atoms with Crippen LogP contribution in [0.1, 0.15) is 0 Å². The molecule has 0 aliphatic rings. The van der Waals surface area contributed by atoms with Gasteiger partial charge in [0.25, 0.3) is 0 Å². The first kappa shape index (κ1) is 19.9. The van der Waals surface area contributed by atoms with Gasteiger partial charge in [-0.15, -0.1) is 70.1 Å². The van der Waals surface area contributed by atoms with E-state index in [1.54, 1.807) is 0 Å². The molecule has 0 amide bonds. The number of hydrogen-bond donors (Lipinski definition) is 0. The van der Waals surface area contributed by atoms with Gasteiger partial charge in [0.15, 0.2) is 0 Å². The van der Waals surface area contributed by atoms with Gasteiger partial charge in [0.05, 0.1) is 22.7 Å². The van der Waals surface area contributed by atoms with Gasteiger partial charge in [0.1, 0.15) is 0 Å². The number of imidazole rings is 2. The maximum atomic E-state index is 4.99. The molecule has 0 spiro atoms. The summed E-state index contributed by atoms with van der Waals surface area (Å²) in [6.45, 7) is 0. The Balaban J connectivity index is 0.00000206. The molecule has 0 N–H and O–H groups in total. The van der Waals surface area contributed by atoms with Gasteiger partial charge in [-0.3, -0.25) is 9.97 Å². The van der Waals surface area contributed by atoms with E-state index >= 15 is 0 Å². The van der Waals surface area contributed by atoms with Crippen molar-refractivity contribution in [2.45, 2.75) is 0 Å². The molecule has 4 heterocycles. The van der Waals surface area contributed by atoms with Crippen LogP contribution in [0.15, 0.2) is 97.6 Å². The van der Waals surface area contributed by atoms with E-state index in [0.717, 1.165) is 55.4 Å². The van der Waals surface area contributed by atoms with Crippen LogP contribution in [0.3, 0.4) is 0 Å². The molecule has 0 aliphatic carbocycles. The van der Waals surface area contributed by atoms with Crippen LogP contribution in [0.2, 0.25) is 0 Å². The molecule has 33 heavy (non-hydrogen) atoms. The molecule has 0 aliphatic heterocycles. The monoisotopic (exact) mass is 603 g/mol. The molecular weight excluding hydrogens is 587 g/mol. The summed E-state index contributed by atoms with van der Waals surface area (Å²) in [4.78, 5) is 9.98. The summed E-state index contributed by atoms with van der Waals surface area (Å²) in [5, 5.41) is 4.31. The molecule has 0 fully saturated rings. The molecule has 5 heteroatoms. The minimum atomic E-state index is 0. The summed E-state index contributed by atoms with van der Waals surface area (Å²) in [7, 11) is 0. The third-order valence-corrected chi connectivity index (χ3v) is 6.00. The zero-order valence-corrected chi connectivity index (χ0v) is 19.6. The number of hydrogen-bond acceptors (Lipinski definition) is 2. The second-order valence-corrected chi connectivity index (χ2v) is 7.89. The maximum Gasteiger partial charge on any atom is 2.00 e. The van der Waals surface area contributed by atoms with Crippen LogP contribution in [0, 0.1) is 12.1 Å². The molecule has 158 valence electrons. The second-order valence-electron chi connectivity index (χ2n) is 7.89. The zero-order chi connectivity index (χ0) is 21.1. The molecule has 0 saturated heterocycles. The summed E-state index contributed by atoms with van der Waals surface area (Å²) in [5.41, 5.74) is 5.75. The van der Waals surface area contributed by atoms with E-state index in [-0.39, 0.29) is 21.1 Å². The van der Waals surface area contributed by atoms with Crippen molar-refractivity contribution >= 4 is 32.8 Å². The predicted molar refractivity (Wildman–Crippen MR) is 127 cm³/mol. The fraction of sp³-hybridized carbons (Fsp3) is 0. The van der Waals surface area contributed by atoms with E-state index in [1.165, 1.54) is 0 Å². The summed E-state index contributed by atoms with van der Waals surface area (Å²) in [5.74, 6) is 0. The first-order valence-corrected chi connectivity index (χ1v) is 10.5. The molecular formula is C28H16N4Pt. The van der Waals surface area contributed by atoms with Crippen molar-refractivity contribution in [3.8, 4) is 22.5 Å². The standard InChI is InChI=1S/C28H16N4.Pt/c1-3-9-21-19(7-1)13-15-31-17-25(29-27(21)31)23-11-5-6-12-24(23)26-18-32-16-14-20-8-2-4-10-22(20)28(32)30-26;/h1-8,11-18H;/q-2;+2. The van der Waals surface area contributed by atoms with Gasteiger partial charge in [-0.2, -0.15) is 0 Å². The number of pyridine rings is 2. The molecule has 7 rings (SSSR count). The van der Waals surface area contributed by atoms with Gasteiger partial charge in [0, 0.05) is 23.5 Å². The Morgan fingerprint density at radius 2 is 1.06 bits per heavy atom. The average Bonchev–Trinajstić information content (AvgIpc) is 3.49. The third kappa shape index (κ3) is 3.10. The van der Waals surface area contributed by atoms with Crippen molar-refractivity contribution in [1.29, 1.82) is 0 Å². The molecule has 0 atom stereocenters. The van der Waals surface area contributed by atoms with Crippen LogP contribution < -0.4 is 0 Å². The Labute approximate surface area is 204 Å². The van der Waals surface area contributed by atoms with E-state index in [4.69, 9.17) is 9.97 Å². The molecule has 3 aromatic carbocycles. The Bertz CT molecular complexity index is 1660. The predicted octanol–water partition coefficient (Wildman–Crippen LogP) is 6.22. The number of fused-ring (bicyclic) bond motifs is 6. The van der Waals surface area contributed by atoms with Gasteiger partial charge in [-0.1, -0.05) is 36.4 Å². The van der Waals surface area contributed by atoms with Gasteiger partial charge < -0.3 is 8.80 Å². The van der Waals surface area contributed by atoms with Gasteiger partial charge in [-0.25, -0.2) is 0 Å². The third-order valence-electron chi connectivity index (χ3n) is 6.00. The molecule has 4 nitrogen and oxygen atoms in total. The fourth-order valence-electron chi connectivity index (χ4n) is 4.46. The van der Waals surface area contributed by atoms with Crippen LogP contribution in [-0.4, -0.2) is 18.8 Å². The number of nitrogens with zero attached hydrogens (tertiary/aromatic N) is 4. The summed E-state index contributed by atoms with van der Waals surface area (Å²) < 4.78 is 4.13. The fourth-order valence-corrected chi connectivity index (χ4v) is 4.46. The van der Waals surface area contributed by atoms with E-state index in [2.05, 4.69) is 82.1 Å². The normalized spacial score (nSPS) is 11.4. The maximum absolute atomic E-state index is 4.99. The largest absolute Gasteiger partial charge is 2.00 e. The first-order valence-electron chi connectivity index (χ1n) is 10.5. The van der Waals surface area contributed by atoms with E-state index < -0.39 is 0 Å². The van der Waals surface area contributed by atoms with E-state index in [1.807, 2.05) is 36.4 Å². The minimum absolute atomic E-state index is 0. The van der Waals surface area contributed by atoms with Crippen molar-refractivity contribution in [3.05, 3.63) is 110 Å². The molecule has 0 unspecified atom stereocenters. The van der Waals surface area contributed by atoms with Crippen LogP contribution in [-0.2, 0) is 21.1 Å². The summed E-state index contributed by atoms with van der Waals surface area (Å²) in [6.07, 6.45) is 8.26. The van der Waals surface area contributed by atoms with Crippen molar-refractivity contribution in [2.75, 3.05) is 0 Å². The van der Waals surface area contributed by atoms with Crippen molar-refractivity contribution in [2.24, 2.45) is 0 Å². The van der Waals surface area contributed by atoms with Gasteiger partial charge >= 0.3 is 21.1 Å². The van der Waals surface area contributed by atoms with E-state index in [0.29, 0.717) is 0 Å². The Hall–Kier alpha value is -3.75. The average molecular weight is 604 g/mol. The Morgan fingerprint density at radius 3 is 1.55 bits per heavy atom. The summed E-state index contributed by atoms with van der Waals surface area (Å²) in [6, 6.07) is 31.2. The Morgan fingerprint density at radius 1 is 0.576 bits per heavy atom. The minimum Gasteiger partial charge on any atom is -0.347 e. The van der Waals surface area contributed by atoms with Crippen molar-refractivity contribution < 1.29 is 21.1 Å². The van der Waals surface area contributed by atoms with Crippen LogP contribution in [0.5, 0.6) is 0 Å². The molecule has 0 saturated carbocycles. The van der Waals surface area contributed by atoms with Gasteiger partial charge in [-0.05, 0) is 12.4 Å². The quantitative estimate of drug-likeness (QED) is 0.220. The first-order chi connectivity index (χ1) is 15.8. The van der Waals surface area contributed by atoms with Crippen LogP contribution in [0.25, 0.3) is 55.4 Å². The van der Waals surface area contributed by atoms with Crippen molar-refractivity contribution in [3.63, 3.8) is 0 Å². The number of aromatic nitrogens is 4. The van der Waals surface area contributed by atoms with Crippen LogP contribution in [0.4, 0.5) is 0 Å². The second kappa shape index (κ2) is 7.68. The molecule has 0 radical (unpaired) electrons. The Kier molecular flexibility index (Phi) is 4.63. The molecule has 7 aromatic rings. The topological polar surface area (TPSA) is 34.6 Å². The zero-order valence-electron chi connectivity index (χ0n) is 17.3. The van der Waals surface area contributed by atoms with Gasteiger partial charge in [0.2, 0.25) is 0 Å². The SMILES string of the molecule is [Pt+2].[c-]1cccc2ccn3cc(-c4ccccc4-c4cn5ccc6ccc[c-]c6c5n4)nc3c12. The molecule has 4 aromatic heterocycles.